The molecule has 0 aromatic heterocycles. The fourth-order valence-electron chi connectivity index (χ4n) is 2.00. The molecule has 0 aliphatic heterocycles. The van der Waals surface area contributed by atoms with Gasteiger partial charge in [-0.3, -0.25) is 4.79 Å². The number of rotatable bonds is 3. The van der Waals surface area contributed by atoms with E-state index in [1.165, 1.54) is 19.2 Å². The highest BCUT2D eigenvalue weighted by Crippen LogP contribution is 2.31. The first-order valence-electron chi connectivity index (χ1n) is 6.44. The first kappa shape index (κ1) is 19.0. The molecule has 0 saturated heterocycles. The molecule has 0 fully saturated rings. The van der Waals surface area contributed by atoms with Gasteiger partial charge in [0.05, 0.1) is 12.7 Å². The van der Waals surface area contributed by atoms with Crippen LogP contribution in [-0.2, 0) is 15.7 Å². The number of methoxy groups -OCH3 is 1. The summed E-state index contributed by atoms with van der Waals surface area (Å²) >= 11 is 0. The van der Waals surface area contributed by atoms with E-state index >= 15 is 0 Å². The van der Waals surface area contributed by atoms with Crippen LogP contribution in [0.3, 0.4) is 0 Å². The average molecular weight is 346 g/mol. The molecule has 0 aliphatic carbocycles. The van der Waals surface area contributed by atoms with Gasteiger partial charge in [-0.15, -0.1) is 12.4 Å². The van der Waals surface area contributed by atoms with E-state index in [-0.39, 0.29) is 12.4 Å². The Bertz CT molecular complexity index is 655. The Hall–Kier alpha value is -2.05. The summed E-state index contributed by atoms with van der Waals surface area (Å²) in [6.07, 6.45) is -4.35. The summed E-state index contributed by atoms with van der Waals surface area (Å²) in [7, 11) is 1.25. The maximum atomic E-state index is 12.5. The van der Waals surface area contributed by atoms with Crippen molar-refractivity contribution in [3.63, 3.8) is 0 Å². The molecule has 0 bridgehead atoms. The minimum absolute atomic E-state index is 0. The number of hydrogen-bond donors (Lipinski definition) is 1. The van der Waals surface area contributed by atoms with Gasteiger partial charge in [0.2, 0.25) is 0 Å². The number of carbonyl (C=O) groups is 1. The lowest BCUT2D eigenvalue weighted by Crippen LogP contribution is -2.22. The van der Waals surface area contributed by atoms with E-state index in [0.717, 1.165) is 17.7 Å². The van der Waals surface area contributed by atoms with Crippen LogP contribution in [0.25, 0.3) is 11.1 Å². The van der Waals surface area contributed by atoms with Crippen LogP contribution in [-0.4, -0.2) is 13.1 Å². The minimum atomic E-state index is -4.35. The van der Waals surface area contributed by atoms with Gasteiger partial charge in [0.1, 0.15) is 6.04 Å². The molecule has 0 aliphatic rings. The normalized spacial score (nSPS) is 12.2. The van der Waals surface area contributed by atoms with Crippen molar-refractivity contribution in [2.75, 3.05) is 7.11 Å². The summed E-state index contributed by atoms with van der Waals surface area (Å²) in [5.41, 5.74) is 6.96. The third kappa shape index (κ3) is 4.46. The Kier molecular flexibility index (Phi) is 6.18. The number of halogens is 4. The molecule has 0 heterocycles. The van der Waals surface area contributed by atoms with E-state index in [4.69, 9.17) is 5.73 Å². The zero-order chi connectivity index (χ0) is 16.3. The van der Waals surface area contributed by atoms with Crippen molar-refractivity contribution in [2.24, 2.45) is 5.73 Å². The van der Waals surface area contributed by atoms with E-state index < -0.39 is 23.8 Å². The van der Waals surface area contributed by atoms with E-state index in [1.807, 2.05) is 0 Å². The molecule has 2 N–H and O–H groups in total. The molecule has 0 spiro atoms. The van der Waals surface area contributed by atoms with Gasteiger partial charge in [-0.1, -0.05) is 36.4 Å². The second kappa shape index (κ2) is 7.48. The minimum Gasteiger partial charge on any atom is -0.468 e. The molecule has 3 nitrogen and oxygen atoms in total. The van der Waals surface area contributed by atoms with Gasteiger partial charge in [-0.2, -0.15) is 13.2 Å². The van der Waals surface area contributed by atoms with E-state index in [0.29, 0.717) is 11.1 Å². The second-order valence-electron chi connectivity index (χ2n) is 4.70. The van der Waals surface area contributed by atoms with Crippen LogP contribution >= 0.6 is 12.4 Å². The number of nitrogens with two attached hydrogens (primary N) is 1. The predicted octanol–water partition coefficient (Wildman–Crippen LogP) is 3.97. The molecule has 23 heavy (non-hydrogen) atoms. The van der Waals surface area contributed by atoms with Crippen molar-refractivity contribution in [3.05, 3.63) is 59.7 Å². The van der Waals surface area contributed by atoms with Gasteiger partial charge >= 0.3 is 12.1 Å². The maximum absolute atomic E-state index is 12.5. The van der Waals surface area contributed by atoms with Crippen LogP contribution in [0.15, 0.2) is 48.5 Å². The lowest BCUT2D eigenvalue weighted by molar-refractivity contribution is -0.142. The second-order valence-corrected chi connectivity index (χ2v) is 4.70. The van der Waals surface area contributed by atoms with Gasteiger partial charge in [-0.25, -0.2) is 0 Å². The molecule has 2 rings (SSSR count). The van der Waals surface area contributed by atoms with Crippen molar-refractivity contribution < 1.29 is 22.7 Å². The van der Waals surface area contributed by atoms with Gasteiger partial charge in [0.15, 0.2) is 0 Å². The molecule has 0 amide bonds. The number of hydrogen-bond acceptors (Lipinski definition) is 3. The molecule has 124 valence electrons. The maximum Gasteiger partial charge on any atom is 0.416 e. The third-order valence-corrected chi connectivity index (χ3v) is 3.27. The summed E-state index contributed by atoms with van der Waals surface area (Å²) < 4.78 is 42.1. The first-order chi connectivity index (χ1) is 10.3. The Labute approximate surface area is 137 Å². The van der Waals surface area contributed by atoms with Crippen LogP contribution < -0.4 is 5.73 Å². The highest BCUT2D eigenvalue weighted by molar-refractivity contribution is 5.85. The van der Waals surface area contributed by atoms with Crippen LogP contribution in [0.1, 0.15) is 17.2 Å². The molecule has 7 heteroatoms. The van der Waals surface area contributed by atoms with Gasteiger partial charge < -0.3 is 10.5 Å². The van der Waals surface area contributed by atoms with Crippen molar-refractivity contribution in [2.45, 2.75) is 12.2 Å². The Morgan fingerprint density at radius 1 is 1.00 bits per heavy atom. The SMILES string of the molecule is COC(=O)[C@@H](N)c1ccc(-c2ccc(C(F)(F)F)cc2)cc1.Cl. The van der Waals surface area contributed by atoms with E-state index in [2.05, 4.69) is 4.74 Å². The van der Waals surface area contributed by atoms with Gasteiger partial charge in [0, 0.05) is 0 Å². The molecule has 0 unspecified atom stereocenters. The Balaban J connectivity index is 0.00000264. The standard InChI is InChI=1S/C16H14F3NO2.ClH/c1-22-15(21)14(20)12-4-2-10(3-5-12)11-6-8-13(9-7-11)16(17,18)19;/h2-9,14H,20H2,1H3;1H/t14-;/m0./s1. The first-order valence-corrected chi connectivity index (χ1v) is 6.44. The van der Waals surface area contributed by atoms with Gasteiger partial charge in [0.25, 0.3) is 0 Å². The molecule has 2 aromatic carbocycles. The number of esters is 1. The molecule has 1 atom stereocenters. The molecule has 2 aromatic rings. The van der Waals surface area contributed by atoms with Gasteiger partial charge in [-0.05, 0) is 28.8 Å². The highest BCUT2D eigenvalue weighted by atomic mass is 35.5. The molecular formula is C16H15ClF3NO2. The smallest absolute Gasteiger partial charge is 0.416 e. The lowest BCUT2D eigenvalue weighted by Gasteiger charge is -2.11. The quantitative estimate of drug-likeness (QED) is 0.856. The monoisotopic (exact) mass is 345 g/mol. The zero-order valence-electron chi connectivity index (χ0n) is 12.1. The molecule has 0 saturated carbocycles. The van der Waals surface area contributed by atoms with Crippen molar-refractivity contribution >= 4 is 18.4 Å². The Morgan fingerprint density at radius 3 is 1.83 bits per heavy atom. The summed E-state index contributed by atoms with van der Waals surface area (Å²) in [6.45, 7) is 0. The number of benzene rings is 2. The summed E-state index contributed by atoms with van der Waals surface area (Å²) in [4.78, 5) is 11.3. The zero-order valence-corrected chi connectivity index (χ0v) is 12.9. The number of ether oxygens (including phenoxy) is 1. The fraction of sp³-hybridized carbons (Fsp3) is 0.188. The highest BCUT2D eigenvalue weighted by Gasteiger charge is 2.29. The van der Waals surface area contributed by atoms with Crippen molar-refractivity contribution in [3.8, 4) is 11.1 Å². The predicted molar refractivity (Wildman–Crippen MR) is 83.1 cm³/mol. The van der Waals surface area contributed by atoms with Crippen LogP contribution in [0.5, 0.6) is 0 Å². The van der Waals surface area contributed by atoms with E-state index in [1.54, 1.807) is 24.3 Å². The van der Waals surface area contributed by atoms with Crippen LogP contribution in [0, 0.1) is 0 Å². The number of carbonyl (C=O) groups excluding carboxylic acids is 1. The lowest BCUT2D eigenvalue weighted by atomic mass is 10.00. The Morgan fingerprint density at radius 2 is 1.43 bits per heavy atom. The average Bonchev–Trinajstić information content (AvgIpc) is 2.53. The topological polar surface area (TPSA) is 52.3 Å². The van der Waals surface area contributed by atoms with Crippen LogP contribution in [0.2, 0.25) is 0 Å². The molecule has 0 radical (unpaired) electrons. The van der Waals surface area contributed by atoms with Crippen LogP contribution in [0.4, 0.5) is 13.2 Å². The summed E-state index contributed by atoms with van der Waals surface area (Å²) in [5.74, 6) is -0.553. The van der Waals surface area contributed by atoms with Crippen molar-refractivity contribution in [1.82, 2.24) is 0 Å². The summed E-state index contributed by atoms with van der Waals surface area (Å²) in [6, 6.07) is 10.7. The number of alkyl halides is 3. The fourth-order valence-corrected chi connectivity index (χ4v) is 2.00. The van der Waals surface area contributed by atoms with E-state index in [9.17, 15) is 18.0 Å². The molecular weight excluding hydrogens is 331 g/mol. The largest absolute Gasteiger partial charge is 0.468 e. The van der Waals surface area contributed by atoms with Crippen molar-refractivity contribution in [1.29, 1.82) is 0 Å². The summed E-state index contributed by atoms with van der Waals surface area (Å²) in [5, 5.41) is 0. The third-order valence-electron chi connectivity index (χ3n) is 3.27.